The normalized spacial score (nSPS) is 10.2. The lowest BCUT2D eigenvalue weighted by molar-refractivity contribution is -0.118. The number of benzene rings is 2. The zero-order chi connectivity index (χ0) is 17.7. The maximum absolute atomic E-state index is 12.2. The molecule has 2 aromatic carbocycles. The Bertz CT molecular complexity index is 734. The van der Waals surface area contributed by atoms with E-state index < -0.39 is 0 Å². The molecule has 0 unspecified atom stereocenters. The van der Waals surface area contributed by atoms with E-state index in [0.717, 1.165) is 11.1 Å². The molecule has 2 aromatic rings. The SMILES string of the molecule is Cc1cccc(C)c1OCC(=O)Nc1ccccc1C(=O)N(C)C. The second kappa shape index (κ2) is 7.64. The van der Waals surface area contributed by atoms with Crippen LogP contribution < -0.4 is 10.1 Å². The Morgan fingerprint density at radius 3 is 2.25 bits per heavy atom. The number of carbonyl (C=O) groups is 2. The molecule has 5 nitrogen and oxygen atoms in total. The lowest BCUT2D eigenvalue weighted by atomic mass is 10.1. The summed E-state index contributed by atoms with van der Waals surface area (Å²) in [6.07, 6.45) is 0. The van der Waals surface area contributed by atoms with Crippen molar-refractivity contribution in [2.45, 2.75) is 13.8 Å². The van der Waals surface area contributed by atoms with Gasteiger partial charge in [0.2, 0.25) is 0 Å². The van der Waals surface area contributed by atoms with Crippen LogP contribution in [-0.2, 0) is 4.79 Å². The molecule has 0 fully saturated rings. The summed E-state index contributed by atoms with van der Waals surface area (Å²) < 4.78 is 5.64. The topological polar surface area (TPSA) is 58.6 Å². The summed E-state index contributed by atoms with van der Waals surface area (Å²) in [6, 6.07) is 12.7. The van der Waals surface area contributed by atoms with Crippen LogP contribution in [0.15, 0.2) is 42.5 Å². The third-order valence-electron chi connectivity index (χ3n) is 3.59. The highest BCUT2D eigenvalue weighted by Gasteiger charge is 2.15. The van der Waals surface area contributed by atoms with E-state index in [9.17, 15) is 9.59 Å². The second-order valence-electron chi connectivity index (χ2n) is 5.80. The maximum atomic E-state index is 12.2. The minimum absolute atomic E-state index is 0.115. The van der Waals surface area contributed by atoms with Crippen LogP contribution in [0.1, 0.15) is 21.5 Å². The van der Waals surface area contributed by atoms with Crippen LogP contribution in [0.3, 0.4) is 0 Å². The van der Waals surface area contributed by atoms with Crippen LogP contribution in [0.4, 0.5) is 5.69 Å². The predicted octanol–water partition coefficient (Wildman–Crippen LogP) is 3.02. The van der Waals surface area contributed by atoms with Gasteiger partial charge in [0, 0.05) is 14.1 Å². The highest BCUT2D eigenvalue weighted by Crippen LogP contribution is 2.22. The third-order valence-corrected chi connectivity index (χ3v) is 3.59. The number of aryl methyl sites for hydroxylation is 2. The van der Waals surface area contributed by atoms with Crippen LogP contribution >= 0.6 is 0 Å². The number of amides is 2. The van der Waals surface area contributed by atoms with Gasteiger partial charge in [0.1, 0.15) is 5.75 Å². The number of hydrogen-bond acceptors (Lipinski definition) is 3. The van der Waals surface area contributed by atoms with Crippen LogP contribution in [0.2, 0.25) is 0 Å². The Hall–Kier alpha value is -2.82. The van der Waals surface area contributed by atoms with Gasteiger partial charge in [0.15, 0.2) is 6.61 Å². The maximum Gasteiger partial charge on any atom is 0.262 e. The molecule has 0 radical (unpaired) electrons. The molecule has 1 N–H and O–H groups in total. The first-order chi connectivity index (χ1) is 11.4. The summed E-state index contributed by atoms with van der Waals surface area (Å²) in [5.74, 6) is 0.239. The Kier molecular flexibility index (Phi) is 5.58. The van der Waals surface area contributed by atoms with Gasteiger partial charge in [-0.1, -0.05) is 30.3 Å². The molecule has 0 aromatic heterocycles. The second-order valence-corrected chi connectivity index (χ2v) is 5.80. The number of anilines is 1. The predicted molar refractivity (Wildman–Crippen MR) is 94.5 cm³/mol. The van der Waals surface area contributed by atoms with Gasteiger partial charge in [-0.3, -0.25) is 9.59 Å². The van der Waals surface area contributed by atoms with Crippen molar-refractivity contribution in [1.29, 1.82) is 0 Å². The fourth-order valence-corrected chi connectivity index (χ4v) is 2.37. The first-order valence-electron chi connectivity index (χ1n) is 7.69. The number of ether oxygens (including phenoxy) is 1. The fraction of sp³-hybridized carbons (Fsp3) is 0.263. The van der Waals surface area contributed by atoms with Gasteiger partial charge in [0.25, 0.3) is 11.8 Å². The summed E-state index contributed by atoms with van der Waals surface area (Å²) in [4.78, 5) is 25.8. The van der Waals surface area contributed by atoms with E-state index in [2.05, 4.69) is 5.32 Å². The molecule has 0 aliphatic rings. The third kappa shape index (κ3) is 4.13. The molecule has 126 valence electrons. The minimum Gasteiger partial charge on any atom is -0.483 e. The van der Waals surface area contributed by atoms with Gasteiger partial charge in [0.05, 0.1) is 11.3 Å². The molecular weight excluding hydrogens is 304 g/mol. The molecule has 2 rings (SSSR count). The molecule has 2 amide bonds. The molecule has 24 heavy (non-hydrogen) atoms. The number of carbonyl (C=O) groups excluding carboxylic acids is 2. The van der Waals surface area contributed by atoms with Crippen LogP contribution in [0.25, 0.3) is 0 Å². The molecule has 0 aliphatic heterocycles. The van der Waals surface area contributed by atoms with Crippen molar-refractivity contribution in [2.24, 2.45) is 0 Å². The zero-order valence-electron chi connectivity index (χ0n) is 14.4. The molecule has 0 spiro atoms. The van der Waals surface area contributed by atoms with E-state index in [1.54, 1.807) is 38.4 Å². The molecule has 0 saturated carbocycles. The van der Waals surface area contributed by atoms with Gasteiger partial charge < -0.3 is 15.0 Å². The first-order valence-corrected chi connectivity index (χ1v) is 7.69. The van der Waals surface area contributed by atoms with E-state index in [4.69, 9.17) is 4.74 Å². The summed E-state index contributed by atoms with van der Waals surface area (Å²) in [7, 11) is 3.34. The smallest absolute Gasteiger partial charge is 0.262 e. The number of nitrogens with zero attached hydrogens (tertiary/aromatic N) is 1. The van der Waals surface area contributed by atoms with Crippen molar-refractivity contribution < 1.29 is 14.3 Å². The van der Waals surface area contributed by atoms with E-state index in [0.29, 0.717) is 17.0 Å². The average molecular weight is 326 g/mol. The molecule has 0 bridgehead atoms. The minimum atomic E-state index is -0.309. The van der Waals surface area contributed by atoms with Gasteiger partial charge in [-0.15, -0.1) is 0 Å². The van der Waals surface area contributed by atoms with Crippen molar-refractivity contribution in [2.75, 3.05) is 26.0 Å². The number of para-hydroxylation sites is 2. The summed E-state index contributed by atoms with van der Waals surface area (Å²) in [6.45, 7) is 3.76. The highest BCUT2D eigenvalue weighted by atomic mass is 16.5. The number of hydrogen-bond donors (Lipinski definition) is 1. The van der Waals surface area contributed by atoms with Crippen molar-refractivity contribution >= 4 is 17.5 Å². The molecular formula is C19H22N2O3. The van der Waals surface area contributed by atoms with E-state index in [-0.39, 0.29) is 18.4 Å². The lowest BCUT2D eigenvalue weighted by Crippen LogP contribution is -2.26. The first kappa shape index (κ1) is 17.5. The monoisotopic (exact) mass is 326 g/mol. The van der Waals surface area contributed by atoms with Crippen LogP contribution in [-0.4, -0.2) is 37.4 Å². The van der Waals surface area contributed by atoms with Crippen LogP contribution in [0, 0.1) is 13.8 Å². The van der Waals surface area contributed by atoms with Gasteiger partial charge >= 0.3 is 0 Å². The largest absolute Gasteiger partial charge is 0.483 e. The van der Waals surface area contributed by atoms with E-state index in [1.165, 1.54) is 4.90 Å². The zero-order valence-corrected chi connectivity index (χ0v) is 14.4. The van der Waals surface area contributed by atoms with Crippen LogP contribution in [0.5, 0.6) is 5.75 Å². The summed E-state index contributed by atoms with van der Waals surface area (Å²) in [5.41, 5.74) is 2.88. The average Bonchev–Trinajstić information content (AvgIpc) is 2.54. The number of nitrogens with one attached hydrogen (secondary N) is 1. The van der Waals surface area contributed by atoms with Crippen molar-refractivity contribution in [3.8, 4) is 5.75 Å². The fourth-order valence-electron chi connectivity index (χ4n) is 2.37. The standard InChI is InChI=1S/C19H22N2O3/c1-13-8-7-9-14(2)18(13)24-12-17(22)20-16-11-6-5-10-15(16)19(23)21(3)4/h5-11H,12H2,1-4H3,(H,20,22). The Morgan fingerprint density at radius 1 is 1.00 bits per heavy atom. The molecule has 0 heterocycles. The van der Waals surface area contributed by atoms with E-state index >= 15 is 0 Å². The Balaban J connectivity index is 2.07. The van der Waals surface area contributed by atoms with Crippen molar-refractivity contribution in [3.05, 3.63) is 59.2 Å². The lowest BCUT2D eigenvalue weighted by Gasteiger charge is -2.15. The van der Waals surface area contributed by atoms with Crippen molar-refractivity contribution in [3.63, 3.8) is 0 Å². The quantitative estimate of drug-likeness (QED) is 0.919. The van der Waals surface area contributed by atoms with Gasteiger partial charge in [-0.05, 0) is 37.1 Å². The highest BCUT2D eigenvalue weighted by molar-refractivity contribution is 6.03. The van der Waals surface area contributed by atoms with Crippen molar-refractivity contribution in [1.82, 2.24) is 4.90 Å². The molecule has 0 atom stereocenters. The summed E-state index contributed by atoms with van der Waals surface area (Å²) >= 11 is 0. The molecule has 5 heteroatoms. The van der Waals surface area contributed by atoms with Gasteiger partial charge in [-0.25, -0.2) is 0 Å². The Morgan fingerprint density at radius 2 is 1.62 bits per heavy atom. The Labute approximate surface area is 142 Å². The van der Waals surface area contributed by atoms with E-state index in [1.807, 2.05) is 32.0 Å². The van der Waals surface area contributed by atoms with Gasteiger partial charge in [-0.2, -0.15) is 0 Å². The summed E-state index contributed by atoms with van der Waals surface area (Å²) in [5, 5.41) is 2.74. The molecule has 0 saturated heterocycles. The number of rotatable bonds is 5. The molecule has 0 aliphatic carbocycles.